The summed E-state index contributed by atoms with van der Waals surface area (Å²) in [6, 6.07) is 9.36. The number of fused-ring (bicyclic) bond motifs is 2. The Hall–Kier alpha value is -2.02. The summed E-state index contributed by atoms with van der Waals surface area (Å²) in [6.45, 7) is 0. The average molecular weight is 475 g/mol. The Morgan fingerprint density at radius 1 is 1.09 bits per heavy atom. The van der Waals surface area contributed by atoms with Crippen molar-refractivity contribution < 1.29 is 78.6 Å². The van der Waals surface area contributed by atoms with Crippen LogP contribution in [0.2, 0.25) is 0 Å². The minimum Gasteiger partial charge on any atom is -0.547 e. The maximum Gasteiger partial charge on any atom is 1.00 e. The van der Waals surface area contributed by atoms with E-state index < -0.39 is 36.2 Å². The smallest absolute Gasteiger partial charge is 0.547 e. The van der Waals surface area contributed by atoms with Crippen molar-refractivity contribution in [3.63, 3.8) is 0 Å². The molecule has 33 heavy (non-hydrogen) atoms. The second-order valence-electron chi connectivity index (χ2n) is 7.61. The Morgan fingerprint density at radius 2 is 1.70 bits per heavy atom. The van der Waals surface area contributed by atoms with Crippen molar-refractivity contribution >= 4 is 23.9 Å². The molecule has 0 spiro atoms. The van der Waals surface area contributed by atoms with E-state index >= 15 is 0 Å². The second kappa shape index (κ2) is 13.0. The van der Waals surface area contributed by atoms with Crippen LogP contribution in [0, 0.1) is 5.92 Å². The number of aliphatic carboxylic acids is 2. The molecule has 176 valence electrons. The molecule has 0 amide bonds. The van der Waals surface area contributed by atoms with E-state index in [1.54, 1.807) is 24.3 Å². The molecule has 1 aromatic carbocycles. The first-order chi connectivity index (χ1) is 15.1. The zero-order chi connectivity index (χ0) is 24.0. The van der Waals surface area contributed by atoms with Gasteiger partial charge in [0.25, 0.3) is 0 Å². The van der Waals surface area contributed by atoms with Crippen LogP contribution in [-0.4, -0.2) is 88.6 Å². The molecule has 12 heteroatoms. The molecule has 2 heterocycles. The van der Waals surface area contributed by atoms with E-state index in [1.807, 2.05) is 13.1 Å². The Bertz CT molecular complexity index is 818. The summed E-state index contributed by atoms with van der Waals surface area (Å²) in [5, 5.41) is 34.1. The van der Waals surface area contributed by atoms with Crippen molar-refractivity contribution in [1.29, 1.82) is 0 Å². The minimum absolute atomic E-state index is 0. The van der Waals surface area contributed by atoms with Crippen LogP contribution >= 0.6 is 0 Å². The summed E-state index contributed by atoms with van der Waals surface area (Å²) in [5.41, 5.74) is 0.511. The number of carbonyl (C=O) groups is 4. The van der Waals surface area contributed by atoms with Crippen LogP contribution < -0.4 is 34.7 Å². The first-order valence-electron chi connectivity index (χ1n) is 9.94. The third kappa shape index (κ3) is 7.23. The third-order valence-electron chi connectivity index (χ3n) is 5.75. The van der Waals surface area contributed by atoms with Gasteiger partial charge in [-0.3, -0.25) is 9.69 Å². The van der Waals surface area contributed by atoms with E-state index in [9.17, 15) is 24.3 Å². The molecule has 1 aromatic rings. The van der Waals surface area contributed by atoms with Gasteiger partial charge < -0.3 is 34.7 Å². The van der Waals surface area contributed by atoms with Crippen LogP contribution in [-0.2, 0) is 23.9 Å². The number of methoxy groups -OCH3 is 1. The van der Waals surface area contributed by atoms with Gasteiger partial charge in [0, 0.05) is 18.5 Å². The number of rotatable bonds is 6. The van der Waals surface area contributed by atoms with E-state index in [-0.39, 0.29) is 47.5 Å². The number of carboxylic acid groups (broad SMARTS) is 2. The number of hydrogen-bond donors (Lipinski definition) is 3. The zero-order valence-corrected chi connectivity index (χ0v) is 20.6. The number of aliphatic hydroxyl groups excluding tert-OH is 2. The van der Waals surface area contributed by atoms with Crippen LogP contribution in [0.25, 0.3) is 0 Å². The summed E-state index contributed by atoms with van der Waals surface area (Å²) in [7, 11) is 3.42. The topological polar surface area (TPSA) is 174 Å². The standard InChI is InChI=1S/C17H21NO4.C4H6O6.Na/c1-18-12-8-9-13(18)15(17(20)21-2)14(10-12)22-16(19)11-6-4-3-5-7-11;5-1(3(7)8)2(6)4(9)10;/h3-7,12-15H,8-10H2,1-2H3;1-2,5-6H,(H,7,8)(H,9,10);/q;;+1/p-1/t12-,13+,14-,15-;1-,2-;/m01./s1. The zero-order valence-electron chi connectivity index (χ0n) is 18.6. The SMILES string of the molecule is COC(=O)[C@@H]1[C@@H](OC(=O)c2ccccc2)C[C@@H]2CC[C@H]1N2C.O=C([O-])[C@H](O)[C@@H](O)C(=O)O.[Na+]. The van der Waals surface area contributed by atoms with Gasteiger partial charge in [-0.2, -0.15) is 0 Å². The molecule has 2 bridgehead atoms. The Labute approximate surface area is 212 Å². The fraction of sp³-hybridized carbons (Fsp3) is 0.524. The molecule has 0 aromatic heterocycles. The maximum absolute atomic E-state index is 12.3. The van der Waals surface area contributed by atoms with Gasteiger partial charge in [0.05, 0.1) is 18.6 Å². The van der Waals surface area contributed by atoms with Crippen molar-refractivity contribution in [2.24, 2.45) is 5.92 Å². The van der Waals surface area contributed by atoms with Crippen LogP contribution in [0.15, 0.2) is 30.3 Å². The predicted molar refractivity (Wildman–Crippen MR) is 105 cm³/mol. The van der Waals surface area contributed by atoms with E-state index in [2.05, 4.69) is 4.90 Å². The van der Waals surface area contributed by atoms with Gasteiger partial charge in [0.2, 0.25) is 0 Å². The first kappa shape index (κ1) is 29.0. The van der Waals surface area contributed by atoms with Crippen LogP contribution in [0.5, 0.6) is 0 Å². The largest absolute Gasteiger partial charge is 1.00 e. The number of hydrogen-bond acceptors (Lipinski definition) is 10. The van der Waals surface area contributed by atoms with E-state index in [0.29, 0.717) is 18.0 Å². The second-order valence-corrected chi connectivity index (χ2v) is 7.61. The summed E-state index contributed by atoms with van der Waals surface area (Å²) in [4.78, 5) is 46.1. The van der Waals surface area contributed by atoms with Gasteiger partial charge in [-0.05, 0) is 32.0 Å². The molecule has 2 aliphatic heterocycles. The molecule has 2 fully saturated rings. The Morgan fingerprint density at radius 3 is 2.18 bits per heavy atom. The van der Waals surface area contributed by atoms with Crippen molar-refractivity contribution in [2.75, 3.05) is 14.2 Å². The minimum atomic E-state index is -2.38. The molecule has 3 rings (SSSR count). The van der Waals surface area contributed by atoms with Crippen LogP contribution in [0.4, 0.5) is 0 Å². The molecule has 3 N–H and O–H groups in total. The van der Waals surface area contributed by atoms with Crippen molar-refractivity contribution in [2.45, 2.75) is 49.7 Å². The molecular formula is C21H26NNaO10. The van der Waals surface area contributed by atoms with Crippen molar-refractivity contribution in [1.82, 2.24) is 4.90 Å². The third-order valence-corrected chi connectivity index (χ3v) is 5.75. The van der Waals surface area contributed by atoms with Gasteiger partial charge in [-0.1, -0.05) is 18.2 Å². The fourth-order valence-electron chi connectivity index (χ4n) is 4.03. The van der Waals surface area contributed by atoms with Gasteiger partial charge in [0.15, 0.2) is 6.10 Å². The molecule has 0 aliphatic carbocycles. The molecular weight excluding hydrogens is 449 g/mol. The average Bonchev–Trinajstić information content (AvgIpc) is 3.01. The van der Waals surface area contributed by atoms with E-state index in [1.165, 1.54) is 7.11 Å². The van der Waals surface area contributed by atoms with E-state index in [4.69, 9.17) is 24.8 Å². The number of carboxylic acids is 2. The fourth-order valence-corrected chi connectivity index (χ4v) is 4.03. The summed E-state index contributed by atoms with van der Waals surface area (Å²) in [6.07, 6.45) is -2.45. The van der Waals surface area contributed by atoms with Crippen molar-refractivity contribution in [3.05, 3.63) is 35.9 Å². The van der Waals surface area contributed by atoms with Gasteiger partial charge in [-0.25, -0.2) is 9.59 Å². The Balaban J connectivity index is 0.000000425. The number of ether oxygens (including phenoxy) is 2. The molecule has 0 saturated carbocycles. The molecule has 2 aliphatic rings. The maximum atomic E-state index is 12.3. The quantitative estimate of drug-likeness (QED) is 0.267. The van der Waals surface area contributed by atoms with Crippen molar-refractivity contribution in [3.8, 4) is 0 Å². The number of benzene rings is 1. The summed E-state index contributed by atoms with van der Waals surface area (Å²) in [5.74, 6) is -4.89. The van der Waals surface area contributed by atoms with Gasteiger partial charge >= 0.3 is 47.5 Å². The molecule has 6 atom stereocenters. The van der Waals surface area contributed by atoms with Gasteiger partial charge in [-0.15, -0.1) is 0 Å². The first-order valence-corrected chi connectivity index (χ1v) is 9.94. The predicted octanol–water partition coefficient (Wildman–Crippen LogP) is -4.59. The number of esters is 2. The van der Waals surface area contributed by atoms with Crippen LogP contribution in [0.1, 0.15) is 29.6 Å². The Kier molecular flexibility index (Phi) is 11.4. The number of carbonyl (C=O) groups excluding carboxylic acids is 3. The monoisotopic (exact) mass is 475 g/mol. The molecule has 0 unspecified atom stereocenters. The van der Waals surface area contributed by atoms with E-state index in [0.717, 1.165) is 12.8 Å². The number of piperidine rings is 1. The summed E-state index contributed by atoms with van der Waals surface area (Å²) >= 11 is 0. The number of nitrogens with zero attached hydrogens (tertiary/aromatic N) is 1. The normalized spacial score (nSPS) is 25.3. The summed E-state index contributed by atoms with van der Waals surface area (Å²) < 4.78 is 10.6. The van der Waals surface area contributed by atoms with Crippen LogP contribution in [0.3, 0.4) is 0 Å². The molecule has 0 radical (unpaired) electrons. The molecule has 11 nitrogen and oxygen atoms in total. The number of aliphatic hydroxyl groups is 2. The van der Waals surface area contributed by atoms with Gasteiger partial charge in [0.1, 0.15) is 18.1 Å². The molecule has 2 saturated heterocycles.